The van der Waals surface area contributed by atoms with Crippen molar-refractivity contribution in [2.75, 3.05) is 0 Å². The molecule has 0 unspecified atom stereocenters. The van der Waals surface area contributed by atoms with Gasteiger partial charge in [-0.05, 0) is 11.6 Å². The molecule has 3 rings (SSSR count). The summed E-state index contributed by atoms with van der Waals surface area (Å²) in [7, 11) is 0. The van der Waals surface area contributed by atoms with Crippen molar-refractivity contribution < 1.29 is 0 Å². The van der Waals surface area contributed by atoms with Crippen molar-refractivity contribution >= 4 is 21.8 Å². The number of nitrogens with one attached hydrogen (secondary N) is 1. The molecule has 3 aromatic rings. The lowest BCUT2D eigenvalue weighted by molar-refractivity contribution is 1.33. The van der Waals surface area contributed by atoms with E-state index in [1.807, 2.05) is 6.07 Å². The maximum Gasteiger partial charge on any atom is 0.0507 e. The molecule has 0 saturated heterocycles. The van der Waals surface area contributed by atoms with Crippen LogP contribution < -0.4 is 0 Å². The number of hydrogen-bond acceptors (Lipinski definition) is 0. The minimum absolute atomic E-state index is 0.744. The number of fused-ring (bicyclic) bond motifs is 3. The molecule has 81 valence electrons. The Hall–Kier alpha value is -2.20. The van der Waals surface area contributed by atoms with Crippen molar-refractivity contribution in [3.05, 3.63) is 55.0 Å². The van der Waals surface area contributed by atoms with Crippen LogP contribution in [-0.4, -0.2) is 4.98 Å². The van der Waals surface area contributed by atoms with Gasteiger partial charge in [-0.2, -0.15) is 0 Å². The van der Waals surface area contributed by atoms with Gasteiger partial charge in [-0.3, -0.25) is 0 Å². The number of rotatable bonds is 1. The van der Waals surface area contributed by atoms with Gasteiger partial charge in [0.2, 0.25) is 0 Å². The van der Waals surface area contributed by atoms with Crippen LogP contribution in [-0.2, 0) is 6.42 Å². The third-order valence-corrected chi connectivity index (χ3v) is 3.03. The Bertz CT molecular complexity index is 738. The summed E-state index contributed by atoms with van der Waals surface area (Å²) >= 11 is 0. The van der Waals surface area contributed by atoms with Gasteiger partial charge in [0, 0.05) is 29.6 Å². The molecule has 1 nitrogen and oxygen atoms in total. The van der Waals surface area contributed by atoms with Gasteiger partial charge >= 0.3 is 0 Å². The summed E-state index contributed by atoms with van der Waals surface area (Å²) in [6.45, 7) is 3.55. The van der Waals surface area contributed by atoms with Crippen LogP contribution in [0.25, 0.3) is 21.8 Å². The highest BCUT2D eigenvalue weighted by molar-refractivity contribution is 6.08. The fourth-order valence-electron chi connectivity index (χ4n) is 2.24. The Morgan fingerprint density at radius 2 is 1.82 bits per heavy atom. The number of para-hydroxylation sites is 2. The van der Waals surface area contributed by atoms with Gasteiger partial charge in [0.15, 0.2) is 0 Å². The van der Waals surface area contributed by atoms with E-state index in [1.54, 1.807) is 0 Å². The smallest absolute Gasteiger partial charge is 0.0507 e. The minimum atomic E-state index is 0.744. The predicted molar refractivity (Wildman–Crippen MR) is 72.6 cm³/mol. The fraction of sp³-hybridized carbons (Fsp3) is 0.0625. The summed E-state index contributed by atoms with van der Waals surface area (Å²) in [6.07, 6.45) is 0.744. The lowest BCUT2D eigenvalue weighted by Crippen LogP contribution is -1.83. The molecule has 1 heteroatoms. The molecule has 1 heterocycles. The van der Waals surface area contributed by atoms with Crippen molar-refractivity contribution in [2.45, 2.75) is 6.42 Å². The summed E-state index contributed by atoms with van der Waals surface area (Å²) in [5.74, 6) is 5.72. The summed E-state index contributed by atoms with van der Waals surface area (Å²) in [5, 5.41) is 2.54. The molecule has 0 spiro atoms. The largest absolute Gasteiger partial charge is 0.354 e. The molecule has 0 amide bonds. The molecule has 1 N–H and O–H groups in total. The number of benzene rings is 2. The molecule has 0 fully saturated rings. The van der Waals surface area contributed by atoms with Crippen molar-refractivity contribution in [3.8, 4) is 11.8 Å². The van der Waals surface area contributed by atoms with Crippen LogP contribution in [0.3, 0.4) is 0 Å². The van der Waals surface area contributed by atoms with Crippen LogP contribution in [0.4, 0.5) is 0 Å². The summed E-state index contributed by atoms with van der Waals surface area (Å²) in [6, 6.07) is 14.7. The molecular weight excluding hydrogens is 206 g/mol. The van der Waals surface area contributed by atoms with Gasteiger partial charge in [0.1, 0.15) is 0 Å². The first-order valence-corrected chi connectivity index (χ1v) is 5.63. The second-order valence-corrected chi connectivity index (χ2v) is 4.04. The fourth-order valence-corrected chi connectivity index (χ4v) is 2.24. The molecule has 0 aliphatic rings. The number of aromatic nitrogens is 1. The van der Waals surface area contributed by atoms with E-state index in [1.165, 1.54) is 27.4 Å². The van der Waals surface area contributed by atoms with E-state index < -0.39 is 0 Å². The van der Waals surface area contributed by atoms with E-state index in [9.17, 15) is 0 Å². The second-order valence-electron chi connectivity index (χ2n) is 4.04. The summed E-state index contributed by atoms with van der Waals surface area (Å²) in [5.41, 5.74) is 3.60. The number of hydrogen-bond donors (Lipinski definition) is 1. The zero-order chi connectivity index (χ0) is 11.7. The Morgan fingerprint density at radius 3 is 2.71 bits per heavy atom. The van der Waals surface area contributed by atoms with E-state index in [4.69, 9.17) is 0 Å². The van der Waals surface area contributed by atoms with E-state index in [0.717, 1.165) is 6.42 Å². The predicted octanol–water partition coefficient (Wildman–Crippen LogP) is 3.70. The van der Waals surface area contributed by atoms with E-state index >= 15 is 0 Å². The first-order chi connectivity index (χ1) is 8.40. The van der Waals surface area contributed by atoms with Gasteiger partial charge < -0.3 is 4.98 Å². The summed E-state index contributed by atoms with van der Waals surface area (Å²) < 4.78 is 0. The highest BCUT2D eigenvalue weighted by Crippen LogP contribution is 2.27. The normalized spacial score (nSPS) is 10.4. The molecule has 0 atom stereocenters. The van der Waals surface area contributed by atoms with Gasteiger partial charge in [-0.15, -0.1) is 5.92 Å². The first-order valence-electron chi connectivity index (χ1n) is 5.63. The third-order valence-electron chi connectivity index (χ3n) is 3.03. The van der Waals surface area contributed by atoms with Crippen LogP contribution in [0.2, 0.25) is 0 Å². The van der Waals surface area contributed by atoms with Crippen LogP contribution in [0.15, 0.2) is 42.5 Å². The van der Waals surface area contributed by atoms with Gasteiger partial charge in [-0.1, -0.05) is 42.3 Å². The SMILES string of the molecule is [CH2]C#CCc1cccc2c1[nH]c1ccccc12. The zero-order valence-corrected chi connectivity index (χ0v) is 9.46. The van der Waals surface area contributed by atoms with Crippen molar-refractivity contribution in [1.82, 2.24) is 4.98 Å². The Balaban J connectivity index is 2.34. The lowest BCUT2D eigenvalue weighted by atomic mass is 10.1. The average molecular weight is 218 g/mol. The average Bonchev–Trinajstić information content (AvgIpc) is 2.75. The third kappa shape index (κ3) is 1.59. The molecule has 1 radical (unpaired) electrons. The molecular formula is C16H12N. The quantitative estimate of drug-likeness (QED) is 0.599. The highest BCUT2D eigenvalue weighted by atomic mass is 14.7. The molecule has 0 saturated carbocycles. The molecule has 17 heavy (non-hydrogen) atoms. The Kier molecular flexibility index (Phi) is 2.34. The standard InChI is InChI=1S/C16H12N/c1-2-3-7-12-8-6-10-14-13-9-4-5-11-15(13)17-16(12)14/h4-6,8-11,17H,1,7H2. The molecule has 0 bridgehead atoms. The van der Waals surface area contributed by atoms with E-state index in [0.29, 0.717) is 0 Å². The minimum Gasteiger partial charge on any atom is -0.354 e. The monoisotopic (exact) mass is 218 g/mol. The Labute approximate surface area is 100 Å². The molecule has 0 aliphatic heterocycles. The first kappa shape index (κ1) is 9.99. The Morgan fingerprint density at radius 1 is 1.00 bits per heavy atom. The van der Waals surface area contributed by atoms with Crippen molar-refractivity contribution in [3.63, 3.8) is 0 Å². The van der Waals surface area contributed by atoms with Gasteiger partial charge in [0.05, 0.1) is 5.52 Å². The van der Waals surface area contributed by atoms with Gasteiger partial charge in [-0.25, -0.2) is 0 Å². The van der Waals surface area contributed by atoms with Crippen molar-refractivity contribution in [1.29, 1.82) is 0 Å². The van der Waals surface area contributed by atoms with E-state index in [-0.39, 0.29) is 0 Å². The topological polar surface area (TPSA) is 15.8 Å². The number of H-pyrrole nitrogens is 1. The van der Waals surface area contributed by atoms with Gasteiger partial charge in [0.25, 0.3) is 0 Å². The molecule has 2 aromatic carbocycles. The maximum atomic E-state index is 3.55. The van der Waals surface area contributed by atoms with Crippen LogP contribution in [0.5, 0.6) is 0 Å². The molecule has 1 aromatic heterocycles. The summed E-state index contributed by atoms with van der Waals surface area (Å²) in [4.78, 5) is 3.47. The van der Waals surface area contributed by atoms with Crippen LogP contribution in [0.1, 0.15) is 5.56 Å². The second kappa shape index (κ2) is 3.99. The highest BCUT2D eigenvalue weighted by Gasteiger charge is 2.06. The number of aromatic amines is 1. The zero-order valence-electron chi connectivity index (χ0n) is 9.46. The van der Waals surface area contributed by atoms with Crippen LogP contribution in [0, 0.1) is 18.8 Å². The molecule has 0 aliphatic carbocycles. The van der Waals surface area contributed by atoms with Crippen molar-refractivity contribution in [2.24, 2.45) is 0 Å². The maximum absolute atomic E-state index is 3.55. The lowest BCUT2D eigenvalue weighted by Gasteiger charge is -1.97. The van der Waals surface area contributed by atoms with Crippen LogP contribution >= 0.6 is 0 Å². The van der Waals surface area contributed by atoms with E-state index in [2.05, 4.69) is 60.1 Å².